The van der Waals surface area contributed by atoms with Crippen molar-refractivity contribution in [2.24, 2.45) is 0 Å². The van der Waals surface area contributed by atoms with Crippen LogP contribution in [0.3, 0.4) is 0 Å². The van der Waals surface area contributed by atoms with E-state index in [4.69, 9.17) is 10.2 Å². The fourth-order valence-electron chi connectivity index (χ4n) is 0.123. The molecule has 0 amide bonds. The van der Waals surface area contributed by atoms with Crippen LogP contribution in [-0.2, 0) is 4.79 Å². The lowest BCUT2D eigenvalue weighted by molar-refractivity contribution is -0.135. The van der Waals surface area contributed by atoms with E-state index in [-0.39, 0.29) is 6.42 Å². The van der Waals surface area contributed by atoms with Crippen LogP contribution in [0.15, 0.2) is 38.7 Å². The summed E-state index contributed by atoms with van der Waals surface area (Å²) < 4.78 is 0. The van der Waals surface area contributed by atoms with E-state index in [1.807, 2.05) is 0 Å². The maximum Gasteiger partial charge on any atom is 0.307 e. The molecule has 0 saturated heterocycles. The number of aliphatic hydroxyl groups excluding tert-OH is 1. The Labute approximate surface area is 67.0 Å². The van der Waals surface area contributed by atoms with Crippen molar-refractivity contribution < 1.29 is 15.0 Å². The predicted molar refractivity (Wildman–Crippen MR) is 46.5 cm³/mol. The topological polar surface area (TPSA) is 57.5 Å². The molecule has 0 aliphatic heterocycles. The third kappa shape index (κ3) is 161. The number of carboxylic acids is 1. The first-order chi connectivity index (χ1) is 5.18. The Kier molecular flexibility index (Phi) is 34.9. The lowest BCUT2D eigenvalue weighted by Gasteiger charge is -1.75. The quantitative estimate of drug-likeness (QED) is 0.478. The van der Waals surface area contributed by atoms with Crippen LogP contribution in [0.2, 0.25) is 0 Å². The Balaban J connectivity index is -0.000000109. The van der Waals surface area contributed by atoms with E-state index in [1.165, 1.54) is 6.08 Å². The average molecular weight is 158 g/mol. The molecule has 0 aliphatic carbocycles. The van der Waals surface area contributed by atoms with Gasteiger partial charge in [0, 0.05) is 0 Å². The standard InChI is InChI=1S/C4H6O2.C2H4O.C2H4/c1-2-3-4(5)6;1-2-3;1-2/h2H,1,3H2,(H,5,6);2-3H,1H2;1-2H2. The molecule has 0 aromatic carbocycles. The van der Waals surface area contributed by atoms with Crippen LogP contribution in [0, 0.1) is 0 Å². The summed E-state index contributed by atoms with van der Waals surface area (Å²) in [6, 6.07) is 0. The van der Waals surface area contributed by atoms with E-state index >= 15 is 0 Å². The van der Waals surface area contributed by atoms with E-state index < -0.39 is 5.97 Å². The molecule has 64 valence electrons. The molecule has 3 nitrogen and oxygen atoms in total. The second kappa shape index (κ2) is 23.6. The van der Waals surface area contributed by atoms with Gasteiger partial charge in [0.2, 0.25) is 0 Å². The number of hydrogen-bond acceptors (Lipinski definition) is 2. The fourth-order valence-corrected chi connectivity index (χ4v) is 0.123. The maximum absolute atomic E-state index is 9.53. The van der Waals surface area contributed by atoms with Crippen LogP contribution in [0.1, 0.15) is 6.42 Å². The molecule has 3 heteroatoms. The number of carboxylic acid groups (broad SMARTS) is 1. The zero-order valence-corrected chi connectivity index (χ0v) is 6.49. The smallest absolute Gasteiger partial charge is 0.307 e. The predicted octanol–water partition coefficient (Wildman–Crippen LogP) is 2.14. The molecular formula is C8H14O3. The Bertz CT molecular complexity index is 108. The molecule has 0 radical (unpaired) electrons. The van der Waals surface area contributed by atoms with Crippen LogP contribution in [0.4, 0.5) is 0 Å². The van der Waals surface area contributed by atoms with Crippen molar-refractivity contribution >= 4 is 5.97 Å². The summed E-state index contributed by atoms with van der Waals surface area (Å²) in [5.41, 5.74) is 0. The van der Waals surface area contributed by atoms with Gasteiger partial charge in [0.05, 0.1) is 12.7 Å². The third-order valence-electron chi connectivity index (χ3n) is 0.319. The summed E-state index contributed by atoms with van der Waals surface area (Å²) >= 11 is 0. The van der Waals surface area contributed by atoms with Crippen LogP contribution >= 0.6 is 0 Å². The third-order valence-corrected chi connectivity index (χ3v) is 0.319. The summed E-state index contributed by atoms with van der Waals surface area (Å²) in [5.74, 6) is -0.829. The first kappa shape index (κ1) is 16.2. The molecule has 0 aliphatic rings. The lowest BCUT2D eigenvalue weighted by Crippen LogP contribution is -1.88. The Morgan fingerprint density at radius 1 is 1.36 bits per heavy atom. The van der Waals surface area contributed by atoms with Gasteiger partial charge in [-0.15, -0.1) is 19.7 Å². The molecule has 0 unspecified atom stereocenters. The van der Waals surface area contributed by atoms with E-state index in [0.717, 1.165) is 6.26 Å². The minimum absolute atomic E-state index is 0.0556. The second-order valence-corrected chi connectivity index (χ2v) is 1.07. The van der Waals surface area contributed by atoms with Gasteiger partial charge < -0.3 is 10.2 Å². The highest BCUT2D eigenvalue weighted by Crippen LogP contribution is 1.74. The van der Waals surface area contributed by atoms with Gasteiger partial charge in [0.1, 0.15) is 0 Å². The van der Waals surface area contributed by atoms with Gasteiger partial charge in [0.25, 0.3) is 0 Å². The maximum atomic E-state index is 9.53. The number of aliphatic carboxylic acids is 1. The van der Waals surface area contributed by atoms with Gasteiger partial charge >= 0.3 is 5.97 Å². The number of rotatable bonds is 2. The molecule has 0 atom stereocenters. The molecule has 2 N–H and O–H groups in total. The number of carbonyl (C=O) groups is 1. The summed E-state index contributed by atoms with van der Waals surface area (Å²) in [5, 5.41) is 15.2. The molecule has 0 heterocycles. The van der Waals surface area contributed by atoms with Gasteiger partial charge in [-0.25, -0.2) is 0 Å². The van der Waals surface area contributed by atoms with Crippen LogP contribution in [0.5, 0.6) is 0 Å². The first-order valence-electron chi connectivity index (χ1n) is 2.76. The van der Waals surface area contributed by atoms with Crippen molar-refractivity contribution in [3.63, 3.8) is 0 Å². The number of aliphatic hydroxyl groups is 1. The van der Waals surface area contributed by atoms with E-state index in [9.17, 15) is 4.79 Å². The SMILES string of the molecule is C=C.C=CCC(=O)O.C=CO. The van der Waals surface area contributed by atoms with E-state index in [0.29, 0.717) is 0 Å². The van der Waals surface area contributed by atoms with Crippen molar-refractivity contribution in [1.29, 1.82) is 0 Å². The van der Waals surface area contributed by atoms with Crippen LogP contribution in [-0.4, -0.2) is 16.2 Å². The highest BCUT2D eigenvalue weighted by molar-refractivity contribution is 5.68. The van der Waals surface area contributed by atoms with Gasteiger partial charge in [-0.2, -0.15) is 0 Å². The Hall–Kier alpha value is -1.51. The Morgan fingerprint density at radius 2 is 1.64 bits per heavy atom. The lowest BCUT2D eigenvalue weighted by atomic mass is 10.4. The molecule has 0 spiro atoms. The normalized spacial score (nSPS) is 5.45. The fraction of sp³-hybridized carbons (Fsp3) is 0.125. The molecule has 11 heavy (non-hydrogen) atoms. The van der Waals surface area contributed by atoms with Crippen molar-refractivity contribution in [3.8, 4) is 0 Å². The molecule has 0 aromatic rings. The molecular weight excluding hydrogens is 144 g/mol. The molecule has 0 saturated carbocycles. The van der Waals surface area contributed by atoms with Crippen LogP contribution in [0.25, 0.3) is 0 Å². The summed E-state index contributed by atoms with van der Waals surface area (Å²) in [7, 11) is 0. The molecule has 0 fully saturated rings. The highest BCUT2D eigenvalue weighted by atomic mass is 16.4. The largest absolute Gasteiger partial charge is 0.516 e. The summed E-state index contributed by atoms with van der Waals surface area (Å²) in [6.45, 7) is 12.1. The highest BCUT2D eigenvalue weighted by Gasteiger charge is 1.84. The van der Waals surface area contributed by atoms with Gasteiger partial charge in [-0.1, -0.05) is 12.7 Å². The molecule has 0 bridgehead atoms. The van der Waals surface area contributed by atoms with Crippen molar-refractivity contribution in [2.75, 3.05) is 0 Å². The monoisotopic (exact) mass is 158 g/mol. The number of hydrogen-bond donors (Lipinski definition) is 2. The zero-order valence-electron chi connectivity index (χ0n) is 6.49. The molecule has 0 aromatic heterocycles. The first-order valence-corrected chi connectivity index (χ1v) is 2.76. The van der Waals surface area contributed by atoms with E-state index in [1.54, 1.807) is 0 Å². The van der Waals surface area contributed by atoms with E-state index in [2.05, 4.69) is 26.3 Å². The van der Waals surface area contributed by atoms with Crippen molar-refractivity contribution in [2.45, 2.75) is 6.42 Å². The summed E-state index contributed by atoms with van der Waals surface area (Å²) in [6.07, 6.45) is 2.16. The minimum Gasteiger partial charge on any atom is -0.516 e. The zero-order chi connectivity index (χ0) is 9.70. The van der Waals surface area contributed by atoms with Gasteiger partial charge in [-0.05, 0) is 0 Å². The van der Waals surface area contributed by atoms with Crippen molar-refractivity contribution in [1.82, 2.24) is 0 Å². The van der Waals surface area contributed by atoms with Crippen LogP contribution < -0.4 is 0 Å². The molecule has 0 rings (SSSR count). The van der Waals surface area contributed by atoms with Gasteiger partial charge in [0.15, 0.2) is 0 Å². The Morgan fingerprint density at radius 3 is 1.64 bits per heavy atom. The van der Waals surface area contributed by atoms with Gasteiger partial charge in [-0.3, -0.25) is 4.79 Å². The average Bonchev–Trinajstić information content (AvgIpc) is 1.93. The minimum atomic E-state index is -0.829. The second-order valence-electron chi connectivity index (χ2n) is 1.07. The summed E-state index contributed by atoms with van der Waals surface area (Å²) in [4.78, 5) is 9.53. The van der Waals surface area contributed by atoms with Crippen molar-refractivity contribution in [3.05, 3.63) is 38.7 Å².